The van der Waals surface area contributed by atoms with Gasteiger partial charge < -0.3 is 9.47 Å². The van der Waals surface area contributed by atoms with Gasteiger partial charge >= 0.3 is 0 Å². The van der Waals surface area contributed by atoms with E-state index in [0.29, 0.717) is 33.0 Å². The third kappa shape index (κ3) is 5.61. The van der Waals surface area contributed by atoms with Gasteiger partial charge in [-0.25, -0.2) is 4.39 Å². The Labute approximate surface area is 232 Å². The first kappa shape index (κ1) is 26.0. The number of halogens is 2. The minimum absolute atomic E-state index is 0.199. The fourth-order valence-electron chi connectivity index (χ4n) is 4.16. The van der Waals surface area contributed by atoms with Gasteiger partial charge in [0.25, 0.3) is 11.1 Å². The summed E-state index contributed by atoms with van der Waals surface area (Å²) in [6.45, 7) is 2.71. The van der Waals surface area contributed by atoms with Crippen molar-refractivity contribution in [3.8, 4) is 11.5 Å². The Morgan fingerprint density at radius 1 is 0.947 bits per heavy atom. The van der Waals surface area contributed by atoms with Crippen LogP contribution in [0.3, 0.4) is 0 Å². The minimum Gasteiger partial charge on any atom is -0.490 e. The highest BCUT2D eigenvalue weighted by molar-refractivity contribution is 9.10. The normalized spacial score (nSPS) is 14.5. The first-order valence-electron chi connectivity index (χ1n) is 12.0. The van der Waals surface area contributed by atoms with Gasteiger partial charge in [-0.1, -0.05) is 70.5 Å². The van der Waals surface area contributed by atoms with Gasteiger partial charge in [0.05, 0.1) is 18.1 Å². The molecule has 0 bridgehead atoms. The van der Waals surface area contributed by atoms with E-state index in [2.05, 4.69) is 15.9 Å². The zero-order valence-corrected chi connectivity index (χ0v) is 22.9. The third-order valence-corrected chi connectivity index (χ3v) is 7.63. The molecule has 0 aromatic heterocycles. The van der Waals surface area contributed by atoms with Gasteiger partial charge in [0.2, 0.25) is 0 Å². The number of carbonyl (C=O) groups excluding carboxylic acids is 2. The molecule has 0 atom stereocenters. The van der Waals surface area contributed by atoms with Crippen LogP contribution in [-0.4, -0.2) is 22.7 Å². The average molecular weight is 592 g/mol. The lowest BCUT2D eigenvalue weighted by atomic mass is 10.0. The predicted octanol–water partition coefficient (Wildman–Crippen LogP) is 7.96. The van der Waals surface area contributed by atoms with Crippen LogP contribution in [0.4, 0.5) is 9.18 Å². The molecule has 38 heavy (non-hydrogen) atoms. The van der Waals surface area contributed by atoms with Gasteiger partial charge in [0.15, 0.2) is 11.5 Å². The number of thioether (sulfide) groups is 1. The van der Waals surface area contributed by atoms with E-state index in [1.54, 1.807) is 30.3 Å². The number of benzene rings is 4. The van der Waals surface area contributed by atoms with E-state index < -0.39 is 0 Å². The van der Waals surface area contributed by atoms with E-state index in [9.17, 15) is 14.0 Å². The molecular weight excluding hydrogens is 569 g/mol. The molecule has 0 radical (unpaired) electrons. The van der Waals surface area contributed by atoms with Crippen LogP contribution in [0.1, 0.15) is 23.6 Å². The number of carbonyl (C=O) groups is 2. The van der Waals surface area contributed by atoms with E-state index in [4.69, 9.17) is 9.47 Å². The van der Waals surface area contributed by atoms with Crippen LogP contribution in [0.15, 0.2) is 88.2 Å². The highest BCUT2D eigenvalue weighted by atomic mass is 79.9. The molecule has 0 N–H and O–H groups in total. The molecule has 0 unspecified atom stereocenters. The molecule has 5 nitrogen and oxygen atoms in total. The Hall–Kier alpha value is -3.62. The van der Waals surface area contributed by atoms with Crippen molar-refractivity contribution in [1.82, 2.24) is 4.90 Å². The van der Waals surface area contributed by atoms with Crippen LogP contribution >= 0.6 is 27.7 Å². The molecule has 192 valence electrons. The Morgan fingerprint density at radius 2 is 1.68 bits per heavy atom. The second-order valence-corrected chi connectivity index (χ2v) is 10.4. The summed E-state index contributed by atoms with van der Waals surface area (Å²) < 4.78 is 25.6. The average Bonchev–Trinajstić information content (AvgIpc) is 3.18. The van der Waals surface area contributed by atoms with Crippen molar-refractivity contribution >= 4 is 55.7 Å². The number of rotatable bonds is 8. The summed E-state index contributed by atoms with van der Waals surface area (Å²) in [4.78, 5) is 27.7. The summed E-state index contributed by atoms with van der Waals surface area (Å²) in [5.41, 5.74) is 2.40. The van der Waals surface area contributed by atoms with Gasteiger partial charge in [-0.2, -0.15) is 0 Å². The first-order chi connectivity index (χ1) is 18.4. The van der Waals surface area contributed by atoms with E-state index >= 15 is 0 Å². The first-order valence-corrected chi connectivity index (χ1v) is 13.6. The Bertz CT molecular complexity index is 1550. The SMILES string of the molecule is CCOc1cc(/C=C2/SC(=O)N(Cc3cccc4ccccc34)C2=O)c(Br)cc1OCc1ccc(F)cc1. The summed E-state index contributed by atoms with van der Waals surface area (Å²) in [5, 5.41) is 1.76. The van der Waals surface area contributed by atoms with E-state index in [0.717, 1.165) is 33.7 Å². The molecule has 2 amide bonds. The number of hydrogen-bond donors (Lipinski definition) is 0. The summed E-state index contributed by atoms with van der Waals surface area (Å²) >= 11 is 4.47. The fourth-order valence-corrected chi connectivity index (χ4v) is 5.43. The zero-order valence-electron chi connectivity index (χ0n) is 20.4. The van der Waals surface area contributed by atoms with E-state index in [-0.39, 0.29) is 30.1 Å². The molecule has 1 fully saturated rings. The quantitative estimate of drug-likeness (QED) is 0.194. The molecule has 4 aromatic carbocycles. The monoisotopic (exact) mass is 591 g/mol. The molecule has 1 aliphatic rings. The highest BCUT2D eigenvalue weighted by Gasteiger charge is 2.35. The topological polar surface area (TPSA) is 55.8 Å². The predicted molar refractivity (Wildman–Crippen MR) is 152 cm³/mol. The molecule has 4 aromatic rings. The van der Waals surface area contributed by atoms with E-state index in [1.165, 1.54) is 17.0 Å². The number of nitrogens with zero attached hydrogens (tertiary/aromatic N) is 1. The largest absolute Gasteiger partial charge is 0.490 e. The van der Waals surface area contributed by atoms with Gasteiger partial charge in [-0.3, -0.25) is 14.5 Å². The van der Waals surface area contributed by atoms with Crippen LogP contribution in [0.2, 0.25) is 0 Å². The molecule has 0 aliphatic carbocycles. The number of amides is 2. The van der Waals surface area contributed by atoms with Crippen molar-refractivity contribution in [3.05, 3.63) is 111 Å². The standard InChI is InChI=1S/C30H23BrFNO4S/c1-2-36-26-14-22(25(31)16-27(26)37-18-19-10-12-23(32)13-11-19)15-28-29(34)33(30(35)38-28)17-21-8-5-7-20-6-3-4-9-24(20)21/h3-16H,2,17-18H2,1H3/b28-15+. The number of imide groups is 1. The van der Waals surface area contributed by atoms with Crippen LogP contribution in [0.25, 0.3) is 16.8 Å². The molecule has 1 heterocycles. The van der Waals surface area contributed by atoms with Crippen LogP contribution in [0.5, 0.6) is 11.5 Å². The van der Waals surface area contributed by atoms with Crippen LogP contribution in [-0.2, 0) is 17.9 Å². The van der Waals surface area contributed by atoms with Crippen molar-refractivity contribution in [2.24, 2.45) is 0 Å². The van der Waals surface area contributed by atoms with Gasteiger partial charge in [0.1, 0.15) is 12.4 Å². The molecule has 5 rings (SSSR count). The second-order valence-electron chi connectivity index (χ2n) is 8.57. The van der Waals surface area contributed by atoms with Gasteiger partial charge in [-0.15, -0.1) is 0 Å². The van der Waals surface area contributed by atoms with Gasteiger partial charge in [-0.05, 0) is 76.5 Å². The lowest BCUT2D eigenvalue weighted by Crippen LogP contribution is -2.27. The fraction of sp³-hybridized carbons (Fsp3) is 0.133. The number of hydrogen-bond acceptors (Lipinski definition) is 5. The van der Waals surface area contributed by atoms with Crippen molar-refractivity contribution in [1.29, 1.82) is 0 Å². The maximum atomic E-state index is 13.3. The number of ether oxygens (including phenoxy) is 2. The Kier molecular flexibility index (Phi) is 7.81. The van der Waals surface area contributed by atoms with Crippen LogP contribution in [0, 0.1) is 5.82 Å². The molecule has 0 saturated carbocycles. The van der Waals surface area contributed by atoms with E-state index in [1.807, 2.05) is 49.4 Å². The summed E-state index contributed by atoms with van der Waals surface area (Å²) in [7, 11) is 0. The summed E-state index contributed by atoms with van der Waals surface area (Å²) in [6.07, 6.45) is 1.68. The Morgan fingerprint density at radius 3 is 2.47 bits per heavy atom. The van der Waals surface area contributed by atoms with Crippen LogP contribution < -0.4 is 9.47 Å². The van der Waals surface area contributed by atoms with Gasteiger partial charge in [0, 0.05) is 4.47 Å². The number of fused-ring (bicyclic) bond motifs is 1. The third-order valence-electron chi connectivity index (χ3n) is 6.04. The molecule has 1 saturated heterocycles. The molecule has 8 heteroatoms. The molecule has 1 aliphatic heterocycles. The Balaban J connectivity index is 1.38. The maximum absolute atomic E-state index is 13.3. The molecular formula is C30H23BrFNO4S. The van der Waals surface area contributed by atoms with Crippen molar-refractivity contribution in [2.45, 2.75) is 20.1 Å². The minimum atomic E-state index is -0.338. The smallest absolute Gasteiger partial charge is 0.293 e. The highest BCUT2D eigenvalue weighted by Crippen LogP contribution is 2.39. The van der Waals surface area contributed by atoms with Crippen molar-refractivity contribution in [2.75, 3.05) is 6.61 Å². The summed E-state index contributed by atoms with van der Waals surface area (Å²) in [6, 6.07) is 23.4. The van der Waals surface area contributed by atoms with Crippen molar-refractivity contribution in [3.63, 3.8) is 0 Å². The lowest BCUT2D eigenvalue weighted by Gasteiger charge is -2.15. The second kappa shape index (κ2) is 11.4. The maximum Gasteiger partial charge on any atom is 0.293 e. The van der Waals surface area contributed by atoms with Crippen molar-refractivity contribution < 1.29 is 23.5 Å². The zero-order chi connectivity index (χ0) is 26.6. The molecule has 0 spiro atoms. The lowest BCUT2D eigenvalue weighted by molar-refractivity contribution is -0.123. The summed E-state index contributed by atoms with van der Waals surface area (Å²) in [5.74, 6) is 0.357.